The fraction of sp³-hybridized carbons (Fsp3) is 0.368. The molecule has 3 aromatic rings. The summed E-state index contributed by atoms with van der Waals surface area (Å²) in [7, 11) is 0. The van der Waals surface area contributed by atoms with E-state index in [9.17, 15) is 4.79 Å². The quantitative estimate of drug-likeness (QED) is 0.622. The average molecular weight is 372 g/mol. The zero-order chi connectivity index (χ0) is 18.4. The number of nitrogens with zero attached hydrogens (tertiary/aromatic N) is 3. The van der Waals surface area contributed by atoms with Crippen molar-refractivity contribution >= 4 is 23.2 Å². The van der Waals surface area contributed by atoms with Crippen molar-refractivity contribution in [2.45, 2.75) is 39.8 Å². The molecule has 138 valence electrons. The largest absolute Gasteiger partial charge is 0.467 e. The third-order valence-corrected chi connectivity index (χ3v) is 5.03. The number of amides is 2. The van der Waals surface area contributed by atoms with Crippen LogP contribution < -0.4 is 5.32 Å². The molecule has 0 aromatic carbocycles. The third kappa shape index (κ3) is 4.76. The van der Waals surface area contributed by atoms with Crippen LogP contribution >= 0.6 is 11.3 Å². The molecule has 0 unspecified atom stereocenters. The number of carbonyl (C=O) groups excluding carboxylic acids is 1. The molecule has 0 saturated heterocycles. The minimum atomic E-state index is -0.106. The van der Waals surface area contributed by atoms with Crippen LogP contribution in [0.15, 0.2) is 47.2 Å². The van der Waals surface area contributed by atoms with Crippen molar-refractivity contribution < 1.29 is 9.21 Å². The van der Waals surface area contributed by atoms with Gasteiger partial charge in [-0.25, -0.2) is 9.48 Å². The minimum absolute atomic E-state index is 0.106. The maximum atomic E-state index is 12.8. The molecule has 0 bridgehead atoms. The molecule has 6 nitrogen and oxygen atoms in total. The summed E-state index contributed by atoms with van der Waals surface area (Å²) < 4.78 is 7.09. The van der Waals surface area contributed by atoms with Crippen molar-refractivity contribution in [1.82, 2.24) is 14.7 Å². The highest BCUT2D eigenvalue weighted by molar-refractivity contribution is 7.11. The van der Waals surface area contributed by atoms with Gasteiger partial charge >= 0.3 is 6.03 Å². The number of carbonyl (C=O) groups is 1. The van der Waals surface area contributed by atoms with Crippen molar-refractivity contribution in [3.8, 4) is 0 Å². The van der Waals surface area contributed by atoms with Gasteiger partial charge in [0.05, 0.1) is 19.0 Å². The average Bonchev–Trinajstić information content (AvgIpc) is 3.36. The van der Waals surface area contributed by atoms with E-state index in [0.29, 0.717) is 18.9 Å². The fourth-order valence-electron chi connectivity index (χ4n) is 2.66. The molecule has 0 aliphatic rings. The molecule has 0 atom stereocenters. The molecule has 0 aliphatic heterocycles. The van der Waals surface area contributed by atoms with E-state index in [4.69, 9.17) is 4.42 Å². The van der Waals surface area contributed by atoms with E-state index in [2.05, 4.69) is 36.4 Å². The molecule has 3 heterocycles. The van der Waals surface area contributed by atoms with E-state index in [1.807, 2.05) is 17.0 Å². The summed E-state index contributed by atoms with van der Waals surface area (Å²) >= 11 is 1.73. The Balaban J connectivity index is 1.68. The lowest BCUT2D eigenvalue weighted by Crippen LogP contribution is -2.35. The predicted octanol–water partition coefficient (Wildman–Crippen LogP) is 4.73. The number of aromatic nitrogens is 2. The van der Waals surface area contributed by atoms with Crippen LogP contribution in [-0.4, -0.2) is 27.3 Å². The summed E-state index contributed by atoms with van der Waals surface area (Å²) in [4.78, 5) is 17.1. The number of thiophene rings is 1. The van der Waals surface area contributed by atoms with Crippen LogP contribution in [0.1, 0.15) is 35.3 Å². The Morgan fingerprint density at radius 1 is 1.35 bits per heavy atom. The van der Waals surface area contributed by atoms with E-state index in [-0.39, 0.29) is 6.03 Å². The molecule has 0 radical (unpaired) electrons. The maximum absolute atomic E-state index is 12.8. The van der Waals surface area contributed by atoms with Crippen LogP contribution in [-0.2, 0) is 13.1 Å². The molecule has 7 heteroatoms. The number of urea groups is 1. The number of hydrogen-bond donors (Lipinski definition) is 1. The second-order valence-electron chi connectivity index (χ2n) is 6.17. The summed E-state index contributed by atoms with van der Waals surface area (Å²) in [6.07, 6.45) is 5.33. The van der Waals surface area contributed by atoms with Crippen LogP contribution in [0.5, 0.6) is 0 Å². The van der Waals surface area contributed by atoms with Gasteiger partial charge in [0.25, 0.3) is 0 Å². The number of unbranched alkanes of at least 4 members (excludes halogenated alkanes) is 1. The van der Waals surface area contributed by atoms with Crippen LogP contribution in [0.3, 0.4) is 0 Å². The molecule has 26 heavy (non-hydrogen) atoms. The van der Waals surface area contributed by atoms with Crippen molar-refractivity contribution in [3.05, 3.63) is 58.3 Å². The van der Waals surface area contributed by atoms with Gasteiger partial charge in [-0.3, -0.25) is 5.32 Å². The monoisotopic (exact) mass is 372 g/mol. The Morgan fingerprint density at radius 3 is 2.92 bits per heavy atom. The first-order chi connectivity index (χ1) is 12.7. The lowest BCUT2D eigenvalue weighted by Gasteiger charge is -2.22. The first kappa shape index (κ1) is 18.3. The number of hydrogen-bond acceptors (Lipinski definition) is 4. The summed E-state index contributed by atoms with van der Waals surface area (Å²) in [5.74, 6) is 1.45. The molecular weight excluding hydrogens is 348 g/mol. The third-order valence-electron chi connectivity index (χ3n) is 4.05. The lowest BCUT2D eigenvalue weighted by molar-refractivity contribution is 0.208. The maximum Gasteiger partial charge on any atom is 0.323 e. The summed E-state index contributed by atoms with van der Waals surface area (Å²) in [5, 5.41) is 7.27. The smallest absolute Gasteiger partial charge is 0.323 e. The molecule has 0 spiro atoms. The molecule has 0 saturated carbocycles. The first-order valence-electron chi connectivity index (χ1n) is 8.81. The Bertz CT molecular complexity index is 822. The van der Waals surface area contributed by atoms with Crippen molar-refractivity contribution in [2.75, 3.05) is 11.9 Å². The zero-order valence-corrected chi connectivity index (χ0v) is 16.0. The second-order valence-corrected chi connectivity index (χ2v) is 7.54. The van der Waals surface area contributed by atoms with Gasteiger partial charge in [0.2, 0.25) is 0 Å². The van der Waals surface area contributed by atoms with Gasteiger partial charge in [-0.1, -0.05) is 13.3 Å². The Hall–Kier alpha value is -2.54. The van der Waals surface area contributed by atoms with Crippen LogP contribution in [0, 0.1) is 6.92 Å². The van der Waals surface area contributed by atoms with E-state index in [1.54, 1.807) is 34.5 Å². The van der Waals surface area contributed by atoms with E-state index < -0.39 is 0 Å². The van der Waals surface area contributed by atoms with Gasteiger partial charge in [-0.15, -0.1) is 11.3 Å². The summed E-state index contributed by atoms with van der Waals surface area (Å²) in [6.45, 7) is 6.04. The van der Waals surface area contributed by atoms with Crippen molar-refractivity contribution in [1.29, 1.82) is 0 Å². The van der Waals surface area contributed by atoms with E-state index >= 15 is 0 Å². The van der Waals surface area contributed by atoms with Gasteiger partial charge in [-0.2, -0.15) is 5.10 Å². The molecule has 1 N–H and O–H groups in total. The second kappa shape index (κ2) is 8.71. The Kier molecular flexibility index (Phi) is 6.12. The first-order valence-corrected chi connectivity index (χ1v) is 9.63. The van der Waals surface area contributed by atoms with Gasteiger partial charge in [0.1, 0.15) is 18.1 Å². The molecular formula is C19H24N4O2S. The minimum Gasteiger partial charge on any atom is -0.467 e. The molecule has 0 fully saturated rings. The van der Waals surface area contributed by atoms with Crippen molar-refractivity contribution in [3.63, 3.8) is 0 Å². The zero-order valence-electron chi connectivity index (χ0n) is 15.1. The normalized spacial score (nSPS) is 10.8. The van der Waals surface area contributed by atoms with Gasteiger partial charge in [0, 0.05) is 22.4 Å². The summed E-state index contributed by atoms with van der Waals surface area (Å²) in [5.41, 5.74) is 0. The van der Waals surface area contributed by atoms with Gasteiger partial charge in [0.15, 0.2) is 0 Å². The number of furan rings is 1. The highest BCUT2D eigenvalue weighted by Crippen LogP contribution is 2.19. The Labute approximate surface area is 157 Å². The molecule has 3 aromatic heterocycles. The molecule has 2 amide bonds. The number of rotatable bonds is 8. The number of aryl methyl sites for hydroxylation is 1. The van der Waals surface area contributed by atoms with E-state index in [1.165, 1.54) is 9.75 Å². The lowest BCUT2D eigenvalue weighted by atomic mass is 10.3. The van der Waals surface area contributed by atoms with Crippen LogP contribution in [0.4, 0.5) is 10.6 Å². The van der Waals surface area contributed by atoms with Gasteiger partial charge in [-0.05, 0) is 37.6 Å². The van der Waals surface area contributed by atoms with Crippen LogP contribution in [0.25, 0.3) is 0 Å². The van der Waals surface area contributed by atoms with Crippen molar-refractivity contribution in [2.24, 2.45) is 0 Å². The molecule has 3 rings (SSSR count). The fourth-order valence-corrected chi connectivity index (χ4v) is 3.57. The topological polar surface area (TPSA) is 63.3 Å². The van der Waals surface area contributed by atoms with Gasteiger partial charge < -0.3 is 9.32 Å². The Morgan fingerprint density at radius 2 is 2.23 bits per heavy atom. The SMILES string of the molecule is CCCCN(Cc1ccc(C)s1)C(=O)Nc1ccnn1Cc1ccco1. The van der Waals surface area contributed by atoms with E-state index in [0.717, 1.165) is 25.1 Å². The summed E-state index contributed by atoms with van der Waals surface area (Å²) in [6, 6.07) is 9.60. The highest BCUT2D eigenvalue weighted by atomic mass is 32.1. The molecule has 0 aliphatic carbocycles. The predicted molar refractivity (Wildman–Crippen MR) is 103 cm³/mol. The standard InChI is InChI=1S/C19H24N4O2S/c1-3-4-11-22(14-17-8-7-15(2)26-17)19(24)21-18-9-10-20-23(18)13-16-6-5-12-25-16/h5-10,12H,3-4,11,13-14H2,1-2H3,(H,21,24). The number of anilines is 1. The van der Waals surface area contributed by atoms with Crippen LogP contribution in [0.2, 0.25) is 0 Å². The number of nitrogens with one attached hydrogen (secondary N) is 1. The highest BCUT2D eigenvalue weighted by Gasteiger charge is 2.16.